The second-order valence-electron chi connectivity index (χ2n) is 18.2. The Bertz CT molecular complexity index is 1280. The van der Waals surface area contributed by atoms with E-state index in [2.05, 4.69) is 20.8 Å². The molecule has 14 nitrogen and oxygen atoms in total. The molecule has 0 radical (unpaired) electrons. The number of halogens is 2. The predicted molar refractivity (Wildman–Crippen MR) is 247 cm³/mol. The van der Waals surface area contributed by atoms with E-state index in [9.17, 15) is 44.1 Å². The number of carbonyl (C=O) groups is 3. The Morgan fingerprint density at radius 2 is 1.06 bits per heavy atom. The number of alkyl halides is 2. The van der Waals surface area contributed by atoms with E-state index >= 15 is 8.78 Å². The average Bonchev–Trinajstić information content (AvgIpc) is 3.25. The van der Waals surface area contributed by atoms with E-state index in [1.54, 1.807) is 0 Å². The van der Waals surface area contributed by atoms with Gasteiger partial charge < -0.3 is 44.6 Å². The highest BCUT2D eigenvalue weighted by Gasteiger charge is 2.54. The third-order valence-corrected chi connectivity index (χ3v) is 12.8. The quantitative estimate of drug-likeness (QED) is 0.0191. The largest absolute Gasteiger partial charge is 0.470 e. The minimum Gasteiger partial charge on any atom is -0.462 e. The van der Waals surface area contributed by atoms with Gasteiger partial charge in [0, 0.05) is 6.42 Å². The minimum atomic E-state index is -5.49. The van der Waals surface area contributed by atoms with Crippen LogP contribution in [0.25, 0.3) is 0 Å². The normalized spacial score (nSPS) is 20.1. The molecule has 1 aliphatic heterocycles. The molecule has 0 bridgehead atoms. The maximum Gasteiger partial charge on any atom is 0.470 e. The van der Waals surface area contributed by atoms with E-state index in [4.69, 9.17) is 18.7 Å². The van der Waals surface area contributed by atoms with Gasteiger partial charge in [0.2, 0.25) is 0 Å². The van der Waals surface area contributed by atoms with E-state index in [-0.39, 0.29) is 19.3 Å². The smallest absolute Gasteiger partial charge is 0.462 e. The van der Waals surface area contributed by atoms with Gasteiger partial charge in [0.05, 0.1) is 13.0 Å². The van der Waals surface area contributed by atoms with Gasteiger partial charge in [-0.05, 0) is 25.7 Å². The Kier molecular flexibility index (Phi) is 35.0. The summed E-state index contributed by atoms with van der Waals surface area (Å²) < 4.78 is 64.4. The number of esters is 2. The number of nitrogens with one attached hydrogen (secondary N) is 1. The van der Waals surface area contributed by atoms with Crippen molar-refractivity contribution in [2.75, 3.05) is 6.61 Å². The van der Waals surface area contributed by atoms with Crippen molar-refractivity contribution in [3.05, 3.63) is 0 Å². The van der Waals surface area contributed by atoms with Gasteiger partial charge in [-0.1, -0.05) is 194 Å². The molecule has 1 amide bonds. The molecule has 0 aromatic heterocycles. The van der Waals surface area contributed by atoms with Gasteiger partial charge in [0.25, 0.3) is 5.91 Å². The van der Waals surface area contributed by atoms with Crippen molar-refractivity contribution in [3.63, 3.8) is 0 Å². The van der Waals surface area contributed by atoms with Crippen molar-refractivity contribution in [2.24, 2.45) is 0 Å². The van der Waals surface area contributed by atoms with Crippen molar-refractivity contribution in [1.29, 1.82) is 0 Å². The van der Waals surface area contributed by atoms with Crippen LogP contribution in [0.5, 0.6) is 0 Å². The molecule has 1 saturated heterocycles. The van der Waals surface area contributed by atoms with E-state index in [1.807, 2.05) is 5.32 Å². The number of hydrogen-bond donors (Lipinski definition) is 6. The minimum absolute atomic E-state index is 0.136. The number of ether oxygens (including phenoxy) is 3. The Morgan fingerprint density at radius 3 is 1.49 bits per heavy atom. The molecule has 384 valence electrons. The number of phosphoric ester groups is 1. The van der Waals surface area contributed by atoms with Crippen molar-refractivity contribution in [1.82, 2.24) is 5.32 Å². The van der Waals surface area contributed by atoms with Crippen LogP contribution >= 0.6 is 7.82 Å². The predicted octanol–water partition coefficient (Wildman–Crippen LogP) is 10.4. The molecule has 1 rings (SSSR count). The zero-order valence-corrected chi connectivity index (χ0v) is 41.2. The van der Waals surface area contributed by atoms with Crippen LogP contribution in [0.1, 0.15) is 233 Å². The standard InChI is InChI=1S/C48H90F2NO13P/c1-4-7-10-13-16-19-20-23-26-29-32-35-41(54)61-38(33-30-27-24-21-17-14-11-8-5-2)36-42(55)63-45-44(64-65(58,59)60)43(56)39(37-52)62-46(45)51-47(57)48(49,50)40(53)34-31-28-25-22-18-15-12-9-6-3/h38-40,43-46,52-53,56H,4-37H2,1-3H3,(H,51,57)(H2,58,59,60)/t38-,39-,40+,43-,44+,45-,46-/m1/s1. The molecule has 1 heterocycles. The maximum atomic E-state index is 15.4. The fraction of sp³-hybridized carbons (Fsp3) is 0.938. The lowest BCUT2D eigenvalue weighted by atomic mass is 9.97. The van der Waals surface area contributed by atoms with Crippen LogP contribution in [-0.2, 0) is 37.7 Å². The third kappa shape index (κ3) is 29.0. The van der Waals surface area contributed by atoms with Crippen LogP contribution in [0, 0.1) is 0 Å². The summed E-state index contributed by atoms with van der Waals surface area (Å²) in [6.07, 6.45) is 15.2. The molecule has 0 aromatic carbocycles. The van der Waals surface area contributed by atoms with Crippen LogP contribution < -0.4 is 5.32 Å². The molecule has 6 N–H and O–H groups in total. The number of carbonyl (C=O) groups excluding carboxylic acids is 3. The summed E-state index contributed by atoms with van der Waals surface area (Å²) >= 11 is 0. The third-order valence-electron chi connectivity index (χ3n) is 12.2. The first-order valence-corrected chi connectivity index (χ1v) is 27.1. The maximum absolute atomic E-state index is 15.4. The topological polar surface area (TPSA) is 218 Å². The van der Waals surface area contributed by atoms with Gasteiger partial charge in [-0.15, -0.1) is 0 Å². The van der Waals surface area contributed by atoms with E-state index in [0.29, 0.717) is 19.3 Å². The highest BCUT2D eigenvalue weighted by atomic mass is 31.2. The molecule has 0 aromatic rings. The monoisotopic (exact) mass is 958 g/mol. The lowest BCUT2D eigenvalue weighted by molar-refractivity contribution is -0.244. The molecule has 7 atom stereocenters. The van der Waals surface area contributed by atoms with Gasteiger partial charge in [-0.3, -0.25) is 18.9 Å². The average molecular weight is 958 g/mol. The van der Waals surface area contributed by atoms with Crippen LogP contribution in [0.4, 0.5) is 8.78 Å². The first kappa shape index (κ1) is 61.2. The molecule has 65 heavy (non-hydrogen) atoms. The fourth-order valence-corrected chi connectivity index (χ4v) is 8.82. The summed E-state index contributed by atoms with van der Waals surface area (Å²) in [7, 11) is -5.49. The van der Waals surface area contributed by atoms with Crippen molar-refractivity contribution in [3.8, 4) is 0 Å². The van der Waals surface area contributed by atoms with Gasteiger partial charge in [0.1, 0.15) is 30.5 Å². The van der Waals surface area contributed by atoms with Crippen LogP contribution in [0.2, 0.25) is 0 Å². The highest BCUT2D eigenvalue weighted by molar-refractivity contribution is 7.46. The first-order valence-electron chi connectivity index (χ1n) is 25.5. The van der Waals surface area contributed by atoms with Gasteiger partial charge >= 0.3 is 25.7 Å². The highest BCUT2D eigenvalue weighted by Crippen LogP contribution is 2.42. The number of phosphoric acid groups is 1. The zero-order chi connectivity index (χ0) is 48.4. The molecule has 0 unspecified atom stereocenters. The van der Waals surface area contributed by atoms with Crippen LogP contribution in [0.3, 0.4) is 0 Å². The summed E-state index contributed by atoms with van der Waals surface area (Å²) in [4.78, 5) is 59.2. The Hall–Kier alpha value is -1.78. The SMILES string of the molecule is CCCCCCCCCCCCCC(=O)O[C@H](CCCCCCCCCCC)CC(=O)O[C@@H]1[C@@H](OP(=O)(O)O)[C@H](O)[C@@H](CO)O[C@H]1NC(=O)C(F)(F)[C@@H](O)CCCCCCCCCCC. The first-order chi connectivity index (χ1) is 31.1. The summed E-state index contributed by atoms with van der Waals surface area (Å²) in [6, 6.07) is 0. The van der Waals surface area contributed by atoms with Gasteiger partial charge in [0.15, 0.2) is 12.3 Å². The summed E-state index contributed by atoms with van der Waals surface area (Å²) in [5.74, 6) is -8.06. The molecular formula is C48H90F2NO13P. The molecule has 1 aliphatic rings. The van der Waals surface area contributed by atoms with Crippen LogP contribution in [-0.4, -0.2) is 98.3 Å². The Balaban J connectivity index is 3.05. The molecular weight excluding hydrogens is 867 g/mol. The summed E-state index contributed by atoms with van der Waals surface area (Å²) in [5.41, 5.74) is 0. The van der Waals surface area contributed by atoms with Gasteiger partial charge in [-0.25, -0.2) is 4.57 Å². The number of amides is 1. The van der Waals surface area contributed by atoms with E-state index in [1.165, 1.54) is 51.4 Å². The number of hydrogen-bond acceptors (Lipinski definition) is 11. The van der Waals surface area contributed by atoms with Gasteiger partial charge in [-0.2, -0.15) is 8.78 Å². The lowest BCUT2D eigenvalue weighted by Gasteiger charge is -2.43. The number of aliphatic hydroxyl groups is 3. The molecule has 0 saturated carbocycles. The summed E-state index contributed by atoms with van der Waals surface area (Å²) in [5, 5.41) is 33.1. The number of aliphatic hydroxyl groups excluding tert-OH is 3. The molecule has 0 spiro atoms. The fourth-order valence-electron chi connectivity index (χ4n) is 8.26. The molecule has 17 heteroatoms. The second kappa shape index (κ2) is 37.2. The van der Waals surface area contributed by atoms with Crippen molar-refractivity contribution in [2.45, 2.75) is 281 Å². The number of unbranched alkanes of at least 4 members (excludes halogenated alkanes) is 26. The zero-order valence-electron chi connectivity index (χ0n) is 40.3. The summed E-state index contributed by atoms with van der Waals surface area (Å²) in [6.45, 7) is 5.48. The Morgan fingerprint density at radius 1 is 0.646 bits per heavy atom. The van der Waals surface area contributed by atoms with Crippen molar-refractivity contribution >= 4 is 25.7 Å². The lowest BCUT2D eigenvalue weighted by Crippen LogP contribution is -2.66. The Labute approximate surface area is 389 Å². The second-order valence-corrected chi connectivity index (χ2v) is 19.4. The van der Waals surface area contributed by atoms with E-state index < -0.39 is 93.9 Å². The van der Waals surface area contributed by atoms with E-state index in [0.717, 1.165) is 109 Å². The van der Waals surface area contributed by atoms with Crippen molar-refractivity contribution < 1.29 is 71.6 Å². The number of rotatable bonds is 42. The molecule has 1 fully saturated rings. The molecule has 0 aliphatic carbocycles. The van der Waals surface area contributed by atoms with Crippen LogP contribution in [0.15, 0.2) is 0 Å².